The number of piperazine rings is 1. The van der Waals surface area contributed by atoms with Crippen LogP contribution < -0.4 is 9.64 Å². The van der Waals surface area contributed by atoms with E-state index in [1.165, 1.54) is 0 Å². The molecule has 0 N–H and O–H groups in total. The highest BCUT2D eigenvalue weighted by Crippen LogP contribution is 2.44. The zero-order chi connectivity index (χ0) is 20.8. The Bertz CT molecular complexity index is 1230. The second-order valence-corrected chi connectivity index (χ2v) is 8.65. The van der Waals surface area contributed by atoms with E-state index in [4.69, 9.17) is 4.74 Å². The molecule has 1 fully saturated rings. The van der Waals surface area contributed by atoms with Crippen LogP contribution in [0, 0.1) is 0 Å². The lowest BCUT2D eigenvalue weighted by Gasteiger charge is -2.38. The van der Waals surface area contributed by atoms with E-state index in [-0.39, 0.29) is 11.8 Å². The average molecular weight is 429 g/mol. The first kappa shape index (κ1) is 18.3. The van der Waals surface area contributed by atoms with Crippen molar-refractivity contribution in [1.29, 1.82) is 0 Å². The van der Waals surface area contributed by atoms with Gasteiger partial charge in [0.25, 0.3) is 0 Å². The van der Waals surface area contributed by atoms with E-state index in [1.807, 2.05) is 58.8 Å². The number of hydrogen-bond donors (Lipinski definition) is 0. The van der Waals surface area contributed by atoms with Crippen LogP contribution in [0.5, 0.6) is 11.5 Å². The Kier molecular flexibility index (Phi) is 4.35. The predicted octanol–water partition coefficient (Wildman–Crippen LogP) is 4.28. The Balaban J connectivity index is 1.27. The predicted molar refractivity (Wildman–Crippen MR) is 121 cm³/mol. The fourth-order valence-electron chi connectivity index (χ4n) is 4.53. The topological polar surface area (TPSA) is 58.6 Å². The molecule has 0 bridgehead atoms. The van der Waals surface area contributed by atoms with Crippen molar-refractivity contribution in [2.24, 2.45) is 0 Å². The molecule has 4 heterocycles. The van der Waals surface area contributed by atoms with Crippen LogP contribution in [0.15, 0.2) is 66.3 Å². The van der Waals surface area contributed by atoms with E-state index < -0.39 is 0 Å². The van der Waals surface area contributed by atoms with Crippen molar-refractivity contribution < 1.29 is 9.53 Å². The van der Waals surface area contributed by atoms with E-state index in [0.717, 1.165) is 51.7 Å². The molecule has 7 heteroatoms. The normalized spacial score (nSPS) is 16.0. The quantitative estimate of drug-likeness (QED) is 0.477. The minimum atomic E-state index is -0.338. The third-order valence-electron chi connectivity index (χ3n) is 6.06. The summed E-state index contributed by atoms with van der Waals surface area (Å²) in [6, 6.07) is 17.8. The lowest BCUT2D eigenvalue weighted by molar-refractivity contribution is -0.132. The van der Waals surface area contributed by atoms with Crippen LogP contribution in [-0.4, -0.2) is 47.0 Å². The molecule has 1 amide bonds. The first-order valence-electron chi connectivity index (χ1n) is 10.4. The Labute approximate surface area is 183 Å². The van der Waals surface area contributed by atoms with Gasteiger partial charge in [-0.05, 0) is 23.6 Å². The molecule has 6 rings (SSSR count). The second kappa shape index (κ2) is 7.35. The Hall–Kier alpha value is -3.45. The summed E-state index contributed by atoms with van der Waals surface area (Å²) in [5.74, 6) is 2.28. The molecule has 0 aliphatic carbocycles. The fraction of sp³-hybridized carbons (Fsp3) is 0.208. The van der Waals surface area contributed by atoms with Gasteiger partial charge in [-0.2, -0.15) is 0 Å². The Morgan fingerprint density at radius 2 is 1.58 bits per heavy atom. The SMILES string of the molecule is O=C(C1c2ccccc2Oc2ccccc21)N1CCN(c2ncnc3sccc23)CC1. The molecule has 0 saturated carbocycles. The highest BCUT2D eigenvalue weighted by molar-refractivity contribution is 7.16. The molecule has 6 nitrogen and oxygen atoms in total. The summed E-state index contributed by atoms with van der Waals surface area (Å²) in [7, 11) is 0. The summed E-state index contributed by atoms with van der Waals surface area (Å²) < 4.78 is 6.06. The molecule has 2 aliphatic heterocycles. The largest absolute Gasteiger partial charge is 0.457 e. The first-order valence-corrected chi connectivity index (χ1v) is 11.3. The maximum absolute atomic E-state index is 13.7. The van der Waals surface area contributed by atoms with Crippen molar-refractivity contribution in [2.75, 3.05) is 31.1 Å². The molecule has 154 valence electrons. The van der Waals surface area contributed by atoms with Crippen LogP contribution in [0.1, 0.15) is 17.0 Å². The van der Waals surface area contributed by atoms with E-state index in [9.17, 15) is 4.79 Å². The minimum absolute atomic E-state index is 0.131. The van der Waals surface area contributed by atoms with Crippen LogP contribution in [0.2, 0.25) is 0 Å². The third-order valence-corrected chi connectivity index (χ3v) is 6.88. The second-order valence-electron chi connectivity index (χ2n) is 7.76. The highest BCUT2D eigenvalue weighted by Gasteiger charge is 2.36. The number of nitrogens with zero attached hydrogens (tertiary/aromatic N) is 4. The number of benzene rings is 2. The van der Waals surface area contributed by atoms with Gasteiger partial charge in [0.15, 0.2) is 0 Å². The summed E-state index contributed by atoms with van der Waals surface area (Å²) in [5, 5.41) is 3.13. The van der Waals surface area contributed by atoms with Gasteiger partial charge in [0.1, 0.15) is 28.5 Å². The number of hydrogen-bond acceptors (Lipinski definition) is 6. The standard InChI is InChI=1S/C24H20N4O2S/c29-24(21-16-5-1-3-7-19(16)30-20-8-4-2-6-17(20)21)28-12-10-27(11-13-28)22-18-9-14-31-23(18)26-15-25-22/h1-9,14-15,21H,10-13H2. The first-order chi connectivity index (χ1) is 15.3. The van der Waals surface area contributed by atoms with Crippen molar-refractivity contribution in [1.82, 2.24) is 14.9 Å². The van der Waals surface area contributed by atoms with E-state index in [0.29, 0.717) is 13.1 Å². The highest BCUT2D eigenvalue weighted by atomic mass is 32.1. The lowest BCUT2D eigenvalue weighted by Crippen LogP contribution is -2.50. The van der Waals surface area contributed by atoms with Crippen LogP contribution in [-0.2, 0) is 4.79 Å². The zero-order valence-electron chi connectivity index (χ0n) is 16.8. The molecule has 0 spiro atoms. The maximum atomic E-state index is 13.7. The lowest BCUT2D eigenvalue weighted by atomic mass is 9.86. The molecule has 0 atom stereocenters. The minimum Gasteiger partial charge on any atom is -0.457 e. The van der Waals surface area contributed by atoms with Crippen molar-refractivity contribution in [3.8, 4) is 11.5 Å². The van der Waals surface area contributed by atoms with Gasteiger partial charge in [0, 0.05) is 37.3 Å². The van der Waals surface area contributed by atoms with Crippen LogP contribution in [0.4, 0.5) is 5.82 Å². The molecular formula is C24H20N4O2S. The number of para-hydroxylation sites is 2. The number of fused-ring (bicyclic) bond motifs is 3. The van der Waals surface area contributed by atoms with Crippen molar-refractivity contribution in [3.05, 3.63) is 77.4 Å². The van der Waals surface area contributed by atoms with Crippen molar-refractivity contribution in [3.63, 3.8) is 0 Å². The maximum Gasteiger partial charge on any atom is 0.234 e. The monoisotopic (exact) mass is 428 g/mol. The number of thiophene rings is 1. The van der Waals surface area contributed by atoms with Crippen molar-refractivity contribution in [2.45, 2.75) is 5.92 Å². The molecule has 2 aromatic carbocycles. The van der Waals surface area contributed by atoms with Gasteiger partial charge >= 0.3 is 0 Å². The summed E-state index contributed by atoms with van der Waals surface area (Å²) >= 11 is 1.62. The van der Waals surface area contributed by atoms with Gasteiger partial charge in [0.2, 0.25) is 5.91 Å². The van der Waals surface area contributed by atoms with E-state index in [1.54, 1.807) is 17.7 Å². The van der Waals surface area contributed by atoms with Gasteiger partial charge in [0.05, 0.1) is 11.3 Å². The molecule has 31 heavy (non-hydrogen) atoms. The molecule has 2 aliphatic rings. The van der Waals surface area contributed by atoms with Gasteiger partial charge < -0.3 is 14.5 Å². The van der Waals surface area contributed by atoms with Crippen molar-refractivity contribution >= 4 is 33.3 Å². The number of rotatable bonds is 2. The number of carbonyl (C=O) groups excluding carboxylic acids is 1. The number of amides is 1. The number of aromatic nitrogens is 2. The number of ether oxygens (including phenoxy) is 1. The third kappa shape index (κ3) is 3.04. The van der Waals surface area contributed by atoms with Crippen LogP contribution >= 0.6 is 11.3 Å². The fourth-order valence-corrected chi connectivity index (χ4v) is 5.25. The van der Waals surface area contributed by atoms with Gasteiger partial charge in [-0.25, -0.2) is 9.97 Å². The van der Waals surface area contributed by atoms with Crippen LogP contribution in [0.3, 0.4) is 0 Å². The smallest absolute Gasteiger partial charge is 0.234 e. The zero-order valence-corrected chi connectivity index (χ0v) is 17.6. The Morgan fingerprint density at radius 1 is 0.903 bits per heavy atom. The summed E-state index contributed by atoms with van der Waals surface area (Å²) in [6.45, 7) is 2.83. The molecular weight excluding hydrogens is 408 g/mol. The van der Waals surface area contributed by atoms with E-state index in [2.05, 4.69) is 20.9 Å². The van der Waals surface area contributed by atoms with E-state index >= 15 is 0 Å². The molecule has 0 radical (unpaired) electrons. The average Bonchev–Trinajstić information content (AvgIpc) is 3.31. The molecule has 2 aromatic heterocycles. The van der Waals surface area contributed by atoms with Gasteiger partial charge in [-0.1, -0.05) is 36.4 Å². The summed E-state index contributed by atoms with van der Waals surface area (Å²) in [6.07, 6.45) is 1.63. The summed E-state index contributed by atoms with van der Waals surface area (Å²) in [5.41, 5.74) is 1.87. The number of carbonyl (C=O) groups is 1. The molecule has 1 saturated heterocycles. The van der Waals surface area contributed by atoms with Gasteiger partial charge in [-0.15, -0.1) is 11.3 Å². The summed E-state index contributed by atoms with van der Waals surface area (Å²) in [4.78, 5) is 27.8. The molecule has 4 aromatic rings. The number of anilines is 1. The Morgan fingerprint density at radius 3 is 2.29 bits per heavy atom. The van der Waals surface area contributed by atoms with Crippen LogP contribution in [0.25, 0.3) is 10.2 Å². The molecule has 0 unspecified atom stereocenters. The van der Waals surface area contributed by atoms with Gasteiger partial charge in [-0.3, -0.25) is 4.79 Å².